The second kappa shape index (κ2) is 8.69. The van der Waals surface area contributed by atoms with E-state index >= 15 is 0 Å². The highest BCUT2D eigenvalue weighted by Crippen LogP contribution is 2.36. The Bertz CT molecular complexity index is 1180. The van der Waals surface area contributed by atoms with E-state index in [1.807, 2.05) is 41.8 Å². The van der Waals surface area contributed by atoms with Crippen molar-refractivity contribution >= 4 is 21.6 Å². The second-order valence-electron chi connectivity index (χ2n) is 7.77. The number of carbonyl (C=O) groups excluding carboxylic acids is 1. The SMILES string of the molecule is Cc1c(S(=O)(=O)c2ccccc2)c(NC(=O)[C@@H]2CCCO2)n(Cc2ccccc2)c1C. The summed E-state index contributed by atoms with van der Waals surface area (Å²) in [6.45, 7) is 4.65. The van der Waals surface area contributed by atoms with Crippen LogP contribution < -0.4 is 5.32 Å². The molecular formula is C24H26N2O4S. The molecule has 31 heavy (non-hydrogen) atoms. The van der Waals surface area contributed by atoms with Crippen LogP contribution in [0, 0.1) is 13.8 Å². The Labute approximate surface area is 182 Å². The van der Waals surface area contributed by atoms with E-state index in [0.29, 0.717) is 31.0 Å². The number of amides is 1. The van der Waals surface area contributed by atoms with E-state index in [0.717, 1.165) is 17.7 Å². The van der Waals surface area contributed by atoms with Gasteiger partial charge in [-0.2, -0.15) is 0 Å². The van der Waals surface area contributed by atoms with Crippen molar-refractivity contribution in [1.82, 2.24) is 4.57 Å². The smallest absolute Gasteiger partial charge is 0.254 e. The molecule has 1 aliphatic heterocycles. The molecule has 162 valence electrons. The quantitative estimate of drug-likeness (QED) is 0.628. The number of hydrogen-bond donors (Lipinski definition) is 1. The third-order valence-corrected chi connectivity index (χ3v) is 7.67. The number of anilines is 1. The standard InChI is InChI=1S/C24H26N2O4S/c1-17-18(2)26(16-19-10-5-3-6-11-19)23(25-24(27)21-14-9-15-30-21)22(17)31(28,29)20-12-7-4-8-13-20/h3-8,10-13,21H,9,14-16H2,1-2H3,(H,25,27)/t21-/m0/s1. The molecule has 0 bridgehead atoms. The van der Waals surface area contributed by atoms with Gasteiger partial charge in [-0.15, -0.1) is 0 Å². The summed E-state index contributed by atoms with van der Waals surface area (Å²) in [5.41, 5.74) is 2.43. The summed E-state index contributed by atoms with van der Waals surface area (Å²) >= 11 is 0. The maximum atomic E-state index is 13.6. The Hall–Kier alpha value is -2.90. The Kier molecular flexibility index (Phi) is 5.98. The summed E-state index contributed by atoms with van der Waals surface area (Å²) < 4.78 is 34.6. The van der Waals surface area contributed by atoms with Crippen molar-refractivity contribution in [2.45, 2.75) is 49.1 Å². The largest absolute Gasteiger partial charge is 0.368 e. The second-order valence-corrected chi connectivity index (χ2v) is 9.65. The maximum absolute atomic E-state index is 13.6. The average Bonchev–Trinajstić information content (AvgIpc) is 3.39. The minimum atomic E-state index is -3.84. The van der Waals surface area contributed by atoms with E-state index < -0.39 is 15.9 Å². The van der Waals surface area contributed by atoms with Crippen LogP contribution in [0.5, 0.6) is 0 Å². The van der Waals surface area contributed by atoms with Crippen LogP contribution in [0.4, 0.5) is 5.82 Å². The van der Waals surface area contributed by atoms with E-state index in [9.17, 15) is 13.2 Å². The molecule has 4 rings (SSSR count). The third-order valence-electron chi connectivity index (χ3n) is 5.74. The van der Waals surface area contributed by atoms with E-state index in [2.05, 4.69) is 5.32 Å². The van der Waals surface area contributed by atoms with Gasteiger partial charge >= 0.3 is 0 Å². The fourth-order valence-corrected chi connectivity index (χ4v) is 5.67. The summed E-state index contributed by atoms with van der Waals surface area (Å²) in [7, 11) is -3.84. The molecule has 0 spiro atoms. The first-order chi connectivity index (χ1) is 14.9. The first-order valence-corrected chi connectivity index (χ1v) is 11.8. The number of sulfone groups is 1. The minimum Gasteiger partial charge on any atom is -0.368 e. The Morgan fingerprint density at radius 3 is 2.32 bits per heavy atom. The summed E-state index contributed by atoms with van der Waals surface area (Å²) in [5.74, 6) is -0.0166. The van der Waals surface area contributed by atoms with Crippen LogP contribution >= 0.6 is 0 Å². The molecule has 1 N–H and O–H groups in total. The predicted octanol–water partition coefficient (Wildman–Crippen LogP) is 4.10. The summed E-state index contributed by atoms with van der Waals surface area (Å²) in [4.78, 5) is 13.2. The molecule has 0 radical (unpaired) electrons. The number of nitrogens with one attached hydrogen (secondary N) is 1. The van der Waals surface area contributed by atoms with Crippen molar-refractivity contribution in [2.75, 3.05) is 11.9 Å². The summed E-state index contributed by atoms with van der Waals surface area (Å²) in [6.07, 6.45) is 0.883. The van der Waals surface area contributed by atoms with E-state index in [1.54, 1.807) is 37.3 Å². The van der Waals surface area contributed by atoms with Crippen molar-refractivity contribution in [1.29, 1.82) is 0 Å². The van der Waals surface area contributed by atoms with Crippen molar-refractivity contribution < 1.29 is 17.9 Å². The zero-order chi connectivity index (χ0) is 22.0. The molecule has 1 saturated heterocycles. The van der Waals surface area contributed by atoms with Crippen molar-refractivity contribution in [3.05, 3.63) is 77.5 Å². The maximum Gasteiger partial charge on any atom is 0.254 e. The monoisotopic (exact) mass is 438 g/mol. The molecule has 1 fully saturated rings. The van der Waals surface area contributed by atoms with Crippen molar-refractivity contribution in [3.8, 4) is 0 Å². The summed E-state index contributed by atoms with van der Waals surface area (Å²) in [6, 6.07) is 18.1. The molecule has 1 atom stereocenters. The fourth-order valence-electron chi connectivity index (χ4n) is 3.95. The van der Waals surface area contributed by atoms with Gasteiger partial charge in [0.15, 0.2) is 0 Å². The molecule has 2 aromatic carbocycles. The van der Waals surface area contributed by atoms with Gasteiger partial charge in [0.2, 0.25) is 9.84 Å². The van der Waals surface area contributed by atoms with Crippen LogP contribution in [-0.4, -0.2) is 31.6 Å². The van der Waals surface area contributed by atoms with Gasteiger partial charge in [-0.1, -0.05) is 48.5 Å². The summed E-state index contributed by atoms with van der Waals surface area (Å²) in [5, 5.41) is 2.90. The highest BCUT2D eigenvalue weighted by atomic mass is 32.2. The molecule has 1 amide bonds. The topological polar surface area (TPSA) is 77.4 Å². The molecular weight excluding hydrogens is 412 g/mol. The van der Waals surface area contributed by atoms with E-state index in [1.165, 1.54) is 0 Å². The molecule has 0 unspecified atom stereocenters. The van der Waals surface area contributed by atoms with Gasteiger partial charge in [-0.25, -0.2) is 8.42 Å². The van der Waals surface area contributed by atoms with Crippen LogP contribution in [0.1, 0.15) is 29.7 Å². The number of rotatable bonds is 6. The molecule has 3 aromatic rings. The fraction of sp³-hybridized carbons (Fsp3) is 0.292. The highest BCUT2D eigenvalue weighted by molar-refractivity contribution is 7.91. The van der Waals surface area contributed by atoms with Gasteiger partial charge in [0.25, 0.3) is 5.91 Å². The minimum absolute atomic E-state index is 0.137. The van der Waals surface area contributed by atoms with Gasteiger partial charge in [-0.3, -0.25) is 4.79 Å². The number of hydrogen-bond acceptors (Lipinski definition) is 4. The number of carbonyl (C=O) groups is 1. The average molecular weight is 439 g/mol. The molecule has 0 aliphatic carbocycles. The molecule has 2 heterocycles. The first-order valence-electron chi connectivity index (χ1n) is 10.4. The van der Waals surface area contributed by atoms with Crippen molar-refractivity contribution in [2.24, 2.45) is 0 Å². The normalized spacial score (nSPS) is 16.4. The lowest BCUT2D eigenvalue weighted by Gasteiger charge is -2.16. The van der Waals surface area contributed by atoms with Gasteiger partial charge < -0.3 is 14.6 Å². The van der Waals surface area contributed by atoms with Gasteiger partial charge in [0, 0.05) is 18.8 Å². The highest BCUT2D eigenvalue weighted by Gasteiger charge is 2.32. The third kappa shape index (κ3) is 4.16. The lowest BCUT2D eigenvalue weighted by molar-refractivity contribution is -0.124. The van der Waals surface area contributed by atoms with E-state index in [4.69, 9.17) is 4.74 Å². The molecule has 1 aliphatic rings. The van der Waals surface area contributed by atoms with Gasteiger partial charge in [0.1, 0.15) is 16.8 Å². The Morgan fingerprint density at radius 1 is 1.06 bits per heavy atom. The van der Waals surface area contributed by atoms with Crippen LogP contribution in [0.25, 0.3) is 0 Å². The number of nitrogens with zero attached hydrogens (tertiary/aromatic N) is 1. The molecule has 1 aromatic heterocycles. The molecule has 6 nitrogen and oxygen atoms in total. The molecule has 0 saturated carbocycles. The lowest BCUT2D eigenvalue weighted by Crippen LogP contribution is -2.29. The Balaban J connectivity index is 1.85. The van der Waals surface area contributed by atoms with Crippen LogP contribution in [0.15, 0.2) is 70.5 Å². The number of aromatic nitrogens is 1. The van der Waals surface area contributed by atoms with E-state index in [-0.39, 0.29) is 15.7 Å². The van der Waals surface area contributed by atoms with Crippen LogP contribution in [0.2, 0.25) is 0 Å². The van der Waals surface area contributed by atoms with Crippen LogP contribution in [0.3, 0.4) is 0 Å². The lowest BCUT2D eigenvalue weighted by atomic mass is 10.2. The first kappa shape index (κ1) is 21.3. The van der Waals surface area contributed by atoms with Gasteiger partial charge in [0.05, 0.1) is 4.90 Å². The van der Waals surface area contributed by atoms with Crippen LogP contribution in [-0.2, 0) is 25.9 Å². The Morgan fingerprint density at radius 2 is 1.71 bits per heavy atom. The predicted molar refractivity (Wildman–Crippen MR) is 119 cm³/mol. The zero-order valence-corrected chi connectivity index (χ0v) is 18.5. The number of ether oxygens (including phenoxy) is 1. The zero-order valence-electron chi connectivity index (χ0n) is 17.7. The van der Waals surface area contributed by atoms with Gasteiger partial charge in [-0.05, 0) is 49.9 Å². The number of benzene rings is 2. The molecule has 7 heteroatoms. The van der Waals surface area contributed by atoms with Crippen molar-refractivity contribution in [3.63, 3.8) is 0 Å².